The normalized spacial score (nSPS) is 10.2. The van der Waals surface area contributed by atoms with E-state index in [-0.39, 0.29) is 22.3 Å². The highest BCUT2D eigenvalue weighted by molar-refractivity contribution is 7.41. The molecule has 0 aliphatic heterocycles. The number of carbonyl (C=O) groups excluding carboxylic acids is 2. The molecule has 0 spiro atoms. The molecule has 1 amide bonds. The van der Waals surface area contributed by atoms with E-state index in [4.69, 9.17) is 9.47 Å². The monoisotopic (exact) mass is 387 g/mol. The highest BCUT2D eigenvalue weighted by Crippen LogP contribution is 2.34. The van der Waals surface area contributed by atoms with Crippen LogP contribution in [-0.2, 0) is 0 Å². The number of carbonyl (C=O) groups is 2. The Kier molecular flexibility index (Phi) is 5.55. The number of rotatable bonds is 6. The average Bonchev–Trinajstić information content (AvgIpc) is 3.05. The number of ether oxygens (including phenoxy) is 2. The molecule has 3 aromatic rings. The molecule has 7 nitrogen and oxygen atoms in total. The van der Waals surface area contributed by atoms with Gasteiger partial charge in [-0.25, -0.2) is 0 Å². The molecule has 9 heteroatoms. The lowest BCUT2D eigenvalue weighted by atomic mass is 10.2. The van der Waals surface area contributed by atoms with E-state index in [1.54, 1.807) is 49.7 Å². The lowest BCUT2D eigenvalue weighted by molar-refractivity contribution is 0.102. The molecule has 1 unspecified atom stereocenters. The minimum Gasteiger partial charge on any atom is -0.497 e. The fourth-order valence-electron chi connectivity index (χ4n) is 2.02. The summed E-state index contributed by atoms with van der Waals surface area (Å²) < 4.78 is 10.7. The van der Waals surface area contributed by atoms with Crippen molar-refractivity contribution < 1.29 is 19.1 Å². The standard InChI is InChI=1S/C17H14N3O4PS/c1-23-11-6-4-10(5-7-11)14(21)20-15-13(16(22)25)19-17(26-15)24-12-3-2-8-18-9-12/h2-9H,25H2,1H3,(H,20,21). The summed E-state index contributed by atoms with van der Waals surface area (Å²) in [6, 6.07) is 10.1. The molecule has 26 heavy (non-hydrogen) atoms. The molecule has 1 N–H and O–H groups in total. The Morgan fingerprint density at radius 1 is 1.15 bits per heavy atom. The minimum atomic E-state index is -0.364. The largest absolute Gasteiger partial charge is 0.497 e. The molecule has 3 rings (SSSR count). The summed E-state index contributed by atoms with van der Waals surface area (Å²) in [6.07, 6.45) is 3.14. The van der Waals surface area contributed by atoms with E-state index in [0.717, 1.165) is 11.3 Å². The van der Waals surface area contributed by atoms with E-state index < -0.39 is 0 Å². The Morgan fingerprint density at radius 3 is 2.54 bits per heavy atom. The molecule has 0 fully saturated rings. The predicted molar refractivity (Wildman–Crippen MR) is 101 cm³/mol. The van der Waals surface area contributed by atoms with Crippen LogP contribution in [0.3, 0.4) is 0 Å². The second kappa shape index (κ2) is 8.03. The molecule has 1 aromatic carbocycles. The Bertz CT molecular complexity index is 929. The van der Waals surface area contributed by atoms with Gasteiger partial charge in [0.2, 0.25) is 0 Å². The summed E-state index contributed by atoms with van der Waals surface area (Å²) >= 11 is 1.06. The molecule has 132 valence electrons. The number of hydrogen-bond donors (Lipinski definition) is 1. The van der Waals surface area contributed by atoms with E-state index >= 15 is 0 Å². The molecule has 0 aliphatic rings. The average molecular weight is 387 g/mol. The number of aromatic nitrogens is 2. The van der Waals surface area contributed by atoms with Crippen molar-refractivity contribution in [1.29, 1.82) is 0 Å². The van der Waals surface area contributed by atoms with Crippen molar-refractivity contribution >= 4 is 37.0 Å². The van der Waals surface area contributed by atoms with E-state index in [1.807, 2.05) is 9.24 Å². The van der Waals surface area contributed by atoms with Gasteiger partial charge in [-0.3, -0.25) is 14.6 Å². The lowest BCUT2D eigenvalue weighted by Gasteiger charge is -2.04. The number of pyridine rings is 1. The van der Waals surface area contributed by atoms with Gasteiger partial charge in [-0.05, 0) is 36.4 Å². The summed E-state index contributed by atoms with van der Waals surface area (Å²) in [7, 11) is 3.59. The van der Waals surface area contributed by atoms with E-state index in [2.05, 4.69) is 15.3 Å². The third-order valence-corrected chi connectivity index (χ3v) is 4.38. The smallest absolute Gasteiger partial charge is 0.281 e. The molecule has 0 radical (unpaired) electrons. The Balaban J connectivity index is 1.81. The van der Waals surface area contributed by atoms with Crippen molar-refractivity contribution in [3.8, 4) is 16.7 Å². The maximum atomic E-state index is 12.4. The number of benzene rings is 1. The Morgan fingerprint density at radius 2 is 1.92 bits per heavy atom. The molecule has 2 aromatic heterocycles. The van der Waals surface area contributed by atoms with Crippen LogP contribution in [0.4, 0.5) is 5.00 Å². The van der Waals surface area contributed by atoms with E-state index in [9.17, 15) is 9.59 Å². The van der Waals surface area contributed by atoms with Gasteiger partial charge in [0.05, 0.1) is 13.3 Å². The number of nitrogens with one attached hydrogen (secondary N) is 1. The van der Waals surface area contributed by atoms with Crippen LogP contribution in [0.25, 0.3) is 0 Å². The van der Waals surface area contributed by atoms with Gasteiger partial charge in [-0.1, -0.05) is 20.6 Å². The van der Waals surface area contributed by atoms with E-state index in [0.29, 0.717) is 22.1 Å². The molecular formula is C17H14N3O4PS. The van der Waals surface area contributed by atoms with Crippen molar-refractivity contribution in [3.63, 3.8) is 0 Å². The molecule has 0 bridgehead atoms. The minimum absolute atomic E-state index is 0.112. The van der Waals surface area contributed by atoms with Gasteiger partial charge in [-0.15, -0.1) is 0 Å². The van der Waals surface area contributed by atoms with E-state index in [1.165, 1.54) is 6.20 Å². The highest BCUT2D eigenvalue weighted by Gasteiger charge is 2.19. The topological polar surface area (TPSA) is 90.4 Å². The fraction of sp³-hybridized carbons (Fsp3) is 0.0588. The summed E-state index contributed by atoms with van der Waals surface area (Å²) in [5.74, 6) is 0.765. The van der Waals surface area contributed by atoms with Crippen LogP contribution in [-0.4, -0.2) is 28.5 Å². The second-order valence-corrected chi connectivity index (χ2v) is 6.48. The summed E-state index contributed by atoms with van der Waals surface area (Å²) in [5.41, 5.74) is 0.184. The predicted octanol–water partition coefficient (Wildman–Crippen LogP) is 3.61. The van der Waals surface area contributed by atoms with Crippen LogP contribution in [0.5, 0.6) is 16.7 Å². The Hall–Kier alpha value is -2.83. The SMILES string of the molecule is COc1ccc(C(=O)Nc2sc(Oc3cccnc3)nc2C(=O)P)cc1. The third-order valence-electron chi connectivity index (χ3n) is 3.26. The summed E-state index contributed by atoms with van der Waals surface area (Å²) in [5, 5.41) is 3.24. The maximum absolute atomic E-state index is 12.4. The molecule has 1 atom stereocenters. The van der Waals surface area contributed by atoms with Gasteiger partial charge in [0, 0.05) is 11.8 Å². The zero-order valence-corrected chi connectivity index (χ0v) is 15.6. The fourth-order valence-corrected chi connectivity index (χ4v) is 3.17. The molecule has 0 saturated heterocycles. The number of anilines is 1. The Labute approximate surface area is 155 Å². The first-order chi connectivity index (χ1) is 12.6. The van der Waals surface area contributed by atoms with Crippen molar-refractivity contribution in [3.05, 3.63) is 60.0 Å². The van der Waals surface area contributed by atoms with Crippen LogP contribution in [0.2, 0.25) is 0 Å². The summed E-state index contributed by atoms with van der Waals surface area (Å²) in [6.45, 7) is 0. The quantitative estimate of drug-likeness (QED) is 0.650. The first-order valence-corrected chi connectivity index (χ1v) is 8.80. The zero-order valence-electron chi connectivity index (χ0n) is 13.6. The van der Waals surface area contributed by atoms with Crippen LogP contribution in [0.1, 0.15) is 20.8 Å². The van der Waals surface area contributed by atoms with Gasteiger partial charge >= 0.3 is 0 Å². The third kappa shape index (κ3) is 4.22. The van der Waals surface area contributed by atoms with Crippen molar-refractivity contribution in [1.82, 2.24) is 9.97 Å². The van der Waals surface area contributed by atoms with Crippen LogP contribution in [0.15, 0.2) is 48.8 Å². The number of nitrogens with zero attached hydrogens (tertiary/aromatic N) is 2. The van der Waals surface area contributed by atoms with Crippen molar-refractivity contribution in [2.24, 2.45) is 0 Å². The molecule has 0 aliphatic carbocycles. The number of methoxy groups -OCH3 is 1. The first-order valence-electron chi connectivity index (χ1n) is 7.40. The zero-order chi connectivity index (χ0) is 18.5. The highest BCUT2D eigenvalue weighted by atomic mass is 32.1. The summed E-state index contributed by atoms with van der Waals surface area (Å²) in [4.78, 5) is 32.3. The van der Waals surface area contributed by atoms with Crippen molar-refractivity contribution in [2.75, 3.05) is 12.4 Å². The van der Waals surface area contributed by atoms with Gasteiger partial charge in [0.25, 0.3) is 11.1 Å². The van der Waals surface area contributed by atoms with Gasteiger partial charge in [-0.2, -0.15) is 4.98 Å². The first kappa shape index (κ1) is 18.0. The lowest BCUT2D eigenvalue weighted by Crippen LogP contribution is -2.12. The number of amides is 1. The van der Waals surface area contributed by atoms with Gasteiger partial charge in [0.1, 0.15) is 22.2 Å². The van der Waals surface area contributed by atoms with Gasteiger partial charge in [0.15, 0.2) is 5.52 Å². The van der Waals surface area contributed by atoms with Crippen LogP contribution >= 0.6 is 20.6 Å². The van der Waals surface area contributed by atoms with Crippen LogP contribution < -0.4 is 14.8 Å². The molecule has 2 heterocycles. The van der Waals surface area contributed by atoms with Gasteiger partial charge < -0.3 is 14.8 Å². The molecule has 0 saturated carbocycles. The van der Waals surface area contributed by atoms with Crippen LogP contribution in [0, 0.1) is 0 Å². The maximum Gasteiger partial charge on any atom is 0.281 e. The van der Waals surface area contributed by atoms with Crippen molar-refractivity contribution in [2.45, 2.75) is 0 Å². The number of hydrogen-bond acceptors (Lipinski definition) is 7. The number of thiazole rings is 1. The molecular weight excluding hydrogens is 373 g/mol. The second-order valence-electron chi connectivity index (χ2n) is 5.00.